The first kappa shape index (κ1) is 24.2. The minimum Gasteiger partial charge on any atom is -0.414 e. The van der Waals surface area contributed by atoms with E-state index in [4.69, 9.17) is 4.43 Å². The van der Waals surface area contributed by atoms with Crippen molar-refractivity contribution < 1.29 is 8.99 Å². The number of benzene rings is 2. The van der Waals surface area contributed by atoms with Crippen LogP contribution in [0.1, 0.15) is 47.0 Å². The van der Waals surface area contributed by atoms with Crippen molar-refractivity contribution >= 4 is 26.1 Å². The summed E-state index contributed by atoms with van der Waals surface area (Å²) in [5.74, 6) is 0.527. The van der Waals surface area contributed by atoms with E-state index in [1.165, 1.54) is 5.57 Å². The molecule has 0 radical (unpaired) electrons. The first-order chi connectivity index (χ1) is 14.5. The third-order valence-corrected chi connectivity index (χ3v) is 14.7. The van der Waals surface area contributed by atoms with E-state index in [1.807, 2.05) is 60.7 Å². The molecule has 0 aliphatic heterocycles. The number of hydrogen-bond acceptors (Lipinski definition) is 2. The van der Waals surface area contributed by atoms with Crippen LogP contribution in [0.3, 0.4) is 0 Å². The number of rotatable bonds is 6. The van der Waals surface area contributed by atoms with Gasteiger partial charge in [0.25, 0.3) is 0 Å². The predicted octanol–water partition coefficient (Wildman–Crippen LogP) is 7.14. The monoisotopic (exact) mass is 454 g/mol. The van der Waals surface area contributed by atoms with Crippen molar-refractivity contribution in [1.29, 1.82) is 0 Å². The van der Waals surface area contributed by atoms with E-state index in [9.17, 15) is 4.57 Å². The largest absolute Gasteiger partial charge is 0.414 e. The van der Waals surface area contributed by atoms with Gasteiger partial charge in [-0.25, -0.2) is 0 Å². The molecule has 2 aromatic carbocycles. The van der Waals surface area contributed by atoms with E-state index in [0.717, 1.165) is 29.9 Å². The molecule has 31 heavy (non-hydrogen) atoms. The molecule has 1 saturated carbocycles. The highest BCUT2D eigenvalue weighted by molar-refractivity contribution is 7.78. The Morgan fingerprint density at radius 3 is 1.97 bits per heavy atom. The molecule has 2 nitrogen and oxygen atoms in total. The summed E-state index contributed by atoms with van der Waals surface area (Å²) in [6, 6.07) is 20.0. The Balaban J connectivity index is 1.85. The maximum Gasteiger partial charge on any atom is 0.192 e. The summed E-state index contributed by atoms with van der Waals surface area (Å²) in [6.45, 7) is 13.9. The Bertz CT molecular complexity index is 885. The quantitative estimate of drug-likeness (QED) is 0.263. The number of hydrogen-bond donors (Lipinski definition) is 0. The lowest BCUT2D eigenvalue weighted by molar-refractivity contribution is 0.145. The van der Waals surface area contributed by atoms with Crippen molar-refractivity contribution in [3.8, 4) is 0 Å². The zero-order chi connectivity index (χ0) is 22.7. The molecule has 0 saturated heterocycles. The predicted molar refractivity (Wildman–Crippen MR) is 138 cm³/mol. The van der Waals surface area contributed by atoms with Gasteiger partial charge in [0.15, 0.2) is 8.32 Å². The Kier molecular flexibility index (Phi) is 7.51. The highest BCUT2D eigenvalue weighted by Gasteiger charge is 2.40. The van der Waals surface area contributed by atoms with Crippen molar-refractivity contribution in [3.05, 3.63) is 72.3 Å². The molecule has 0 unspecified atom stereocenters. The molecule has 0 heterocycles. The third kappa shape index (κ3) is 5.69. The summed E-state index contributed by atoms with van der Waals surface area (Å²) in [5, 5.41) is 2.10. The SMILES string of the molecule is C[C@@H]1CC[C@@H](O[Si](C)(C)C(C)(C)C)C/C1=C\CP(=O)(c1ccccc1)c1ccccc1. The van der Waals surface area contributed by atoms with Gasteiger partial charge >= 0.3 is 0 Å². The lowest BCUT2D eigenvalue weighted by Gasteiger charge is -2.41. The summed E-state index contributed by atoms with van der Waals surface area (Å²) in [6.07, 6.45) is 6.39. The molecule has 1 aliphatic carbocycles. The van der Waals surface area contributed by atoms with Gasteiger partial charge in [0, 0.05) is 22.9 Å². The Morgan fingerprint density at radius 1 is 0.968 bits per heavy atom. The summed E-state index contributed by atoms with van der Waals surface area (Å²) in [7, 11) is -4.50. The zero-order valence-electron chi connectivity index (χ0n) is 20.1. The molecule has 2 aromatic rings. The van der Waals surface area contributed by atoms with Gasteiger partial charge in [-0.05, 0) is 43.3 Å². The molecule has 168 valence electrons. The lowest BCUT2D eigenvalue weighted by atomic mass is 9.84. The summed E-state index contributed by atoms with van der Waals surface area (Å²) >= 11 is 0. The molecule has 1 fully saturated rings. The molecule has 0 N–H and O–H groups in total. The van der Waals surface area contributed by atoms with Gasteiger partial charge in [-0.1, -0.05) is 100 Å². The van der Waals surface area contributed by atoms with E-state index in [2.05, 4.69) is 46.9 Å². The minimum absolute atomic E-state index is 0.219. The van der Waals surface area contributed by atoms with Crippen LogP contribution in [0.25, 0.3) is 0 Å². The third-order valence-electron chi connectivity index (χ3n) is 7.24. The summed E-state index contributed by atoms with van der Waals surface area (Å²) in [4.78, 5) is 0. The van der Waals surface area contributed by atoms with Gasteiger partial charge < -0.3 is 8.99 Å². The van der Waals surface area contributed by atoms with E-state index in [-0.39, 0.29) is 11.1 Å². The topological polar surface area (TPSA) is 26.3 Å². The Labute approximate surface area is 190 Å². The Hall–Kier alpha value is -1.41. The maximum atomic E-state index is 14.3. The molecule has 0 bridgehead atoms. The van der Waals surface area contributed by atoms with E-state index < -0.39 is 15.5 Å². The second-order valence-corrected chi connectivity index (χ2v) is 18.2. The molecular weight excluding hydrogens is 415 g/mol. The molecule has 3 rings (SSSR count). The van der Waals surface area contributed by atoms with Gasteiger partial charge in [-0.3, -0.25) is 0 Å². The number of allylic oxidation sites excluding steroid dienone is 1. The fraction of sp³-hybridized carbons (Fsp3) is 0.481. The second-order valence-electron chi connectivity index (χ2n) is 10.6. The minimum atomic E-state index is -2.71. The zero-order valence-corrected chi connectivity index (χ0v) is 22.0. The van der Waals surface area contributed by atoms with Crippen LogP contribution < -0.4 is 10.6 Å². The van der Waals surface area contributed by atoms with Crippen LogP contribution in [0.15, 0.2) is 72.3 Å². The van der Waals surface area contributed by atoms with Crippen molar-refractivity contribution in [2.24, 2.45) is 5.92 Å². The van der Waals surface area contributed by atoms with Crippen LogP contribution >= 0.6 is 7.14 Å². The molecule has 1 aliphatic rings. The molecule has 0 spiro atoms. The molecule has 2 atom stereocenters. The van der Waals surface area contributed by atoms with Crippen LogP contribution in [0, 0.1) is 5.92 Å². The van der Waals surface area contributed by atoms with Gasteiger partial charge in [0.2, 0.25) is 0 Å². The van der Waals surface area contributed by atoms with E-state index in [1.54, 1.807) is 0 Å². The van der Waals surface area contributed by atoms with Crippen molar-refractivity contribution in [3.63, 3.8) is 0 Å². The van der Waals surface area contributed by atoms with Gasteiger partial charge in [-0.15, -0.1) is 0 Å². The van der Waals surface area contributed by atoms with Crippen molar-refractivity contribution in [2.45, 2.75) is 71.2 Å². The van der Waals surface area contributed by atoms with Crippen LogP contribution in [0.5, 0.6) is 0 Å². The average molecular weight is 455 g/mol. The second kappa shape index (κ2) is 9.61. The Morgan fingerprint density at radius 2 is 1.48 bits per heavy atom. The first-order valence-corrected chi connectivity index (χ1v) is 16.4. The van der Waals surface area contributed by atoms with Crippen LogP contribution in [-0.2, 0) is 8.99 Å². The van der Waals surface area contributed by atoms with Gasteiger partial charge in [0.1, 0.15) is 7.14 Å². The van der Waals surface area contributed by atoms with Crippen LogP contribution in [-0.4, -0.2) is 20.6 Å². The van der Waals surface area contributed by atoms with Crippen LogP contribution in [0.2, 0.25) is 18.1 Å². The molecule has 0 aromatic heterocycles. The van der Waals surface area contributed by atoms with Crippen LogP contribution in [0.4, 0.5) is 0 Å². The van der Waals surface area contributed by atoms with Gasteiger partial charge in [0.05, 0.1) is 0 Å². The fourth-order valence-electron chi connectivity index (χ4n) is 4.11. The molecule has 0 amide bonds. The van der Waals surface area contributed by atoms with E-state index in [0.29, 0.717) is 12.1 Å². The van der Waals surface area contributed by atoms with E-state index >= 15 is 0 Å². The normalized spacial score (nSPS) is 21.9. The average Bonchev–Trinajstić information content (AvgIpc) is 2.74. The maximum absolute atomic E-state index is 14.3. The van der Waals surface area contributed by atoms with Crippen molar-refractivity contribution in [2.75, 3.05) is 6.16 Å². The smallest absolute Gasteiger partial charge is 0.192 e. The highest BCUT2D eigenvalue weighted by Crippen LogP contribution is 2.45. The highest BCUT2D eigenvalue weighted by atomic mass is 31.2. The standard InChI is InChI=1S/C27H39O2PSi/c1-22-17-18-24(29-31(5,6)27(2,3)4)21-23(22)19-20-30(28,25-13-9-7-10-14-25)26-15-11-8-12-16-26/h7-16,19,22,24H,17-18,20-21H2,1-6H3/b23-19+/t22-,24-/m1/s1. The molecule has 4 heteroatoms. The fourth-order valence-corrected chi connectivity index (χ4v) is 8.02. The van der Waals surface area contributed by atoms with Gasteiger partial charge in [-0.2, -0.15) is 0 Å². The summed E-state index contributed by atoms with van der Waals surface area (Å²) in [5.41, 5.74) is 1.42. The first-order valence-electron chi connectivity index (χ1n) is 11.6. The van der Waals surface area contributed by atoms with Crippen molar-refractivity contribution in [1.82, 2.24) is 0 Å². The molecular formula is C27H39O2PSi. The lowest BCUT2D eigenvalue weighted by Crippen LogP contribution is -2.44. The summed E-state index contributed by atoms with van der Waals surface area (Å²) < 4.78 is 21.1.